The summed E-state index contributed by atoms with van der Waals surface area (Å²) in [7, 11) is 0. The lowest BCUT2D eigenvalue weighted by molar-refractivity contribution is -0.144. The Morgan fingerprint density at radius 2 is 1.86 bits per heavy atom. The third-order valence-corrected chi connectivity index (χ3v) is 4.11. The van der Waals surface area contributed by atoms with Gasteiger partial charge in [-0.15, -0.1) is 0 Å². The Balaban J connectivity index is 1.96. The molecule has 0 spiro atoms. The van der Waals surface area contributed by atoms with Gasteiger partial charge in [-0.25, -0.2) is 4.79 Å². The lowest BCUT2D eigenvalue weighted by Gasteiger charge is -2.25. The van der Waals surface area contributed by atoms with Gasteiger partial charge in [-0.1, -0.05) is 31.0 Å². The van der Waals surface area contributed by atoms with Crippen LogP contribution in [-0.4, -0.2) is 27.5 Å². The Morgan fingerprint density at radius 3 is 2.57 bits per heavy atom. The van der Waals surface area contributed by atoms with Crippen molar-refractivity contribution in [3.8, 4) is 0 Å². The molecule has 0 radical (unpaired) electrons. The molecule has 0 unspecified atom stereocenters. The van der Waals surface area contributed by atoms with Gasteiger partial charge in [0.05, 0.1) is 11.1 Å². The number of carbonyl (C=O) groups is 2. The smallest absolute Gasteiger partial charge is 0.329 e. The quantitative estimate of drug-likeness (QED) is 0.906. The zero-order valence-electron chi connectivity index (χ0n) is 11.5. The van der Waals surface area contributed by atoms with Gasteiger partial charge < -0.3 is 10.4 Å². The number of carboxylic acids is 1. The fourth-order valence-electron chi connectivity index (χ4n) is 2.95. The summed E-state index contributed by atoms with van der Waals surface area (Å²) in [6, 6.07) is 8.96. The fraction of sp³-hybridized carbons (Fsp3) is 0.312. The standard InChI is InChI=1S/C16H16N2O3/c19-14(18-16(15(20)21)8-3-4-9-16)12-7-10-17-13-6-2-1-5-11(12)13/h1-2,5-7,10H,3-4,8-9H2,(H,18,19)(H,20,21). The predicted octanol–water partition coefficient (Wildman–Crippen LogP) is 2.36. The first kappa shape index (κ1) is 13.5. The van der Waals surface area contributed by atoms with Crippen LogP contribution in [0.4, 0.5) is 0 Å². The van der Waals surface area contributed by atoms with Gasteiger partial charge in [0.15, 0.2) is 0 Å². The van der Waals surface area contributed by atoms with Crippen molar-refractivity contribution >= 4 is 22.8 Å². The number of hydrogen-bond donors (Lipinski definition) is 2. The highest BCUT2D eigenvalue weighted by Crippen LogP contribution is 2.30. The second kappa shape index (κ2) is 5.16. The minimum atomic E-state index is -1.12. The summed E-state index contributed by atoms with van der Waals surface area (Å²) in [6.45, 7) is 0. The van der Waals surface area contributed by atoms with Gasteiger partial charge in [0, 0.05) is 11.6 Å². The Bertz CT molecular complexity index is 700. The molecule has 1 heterocycles. The summed E-state index contributed by atoms with van der Waals surface area (Å²) in [5.74, 6) is -1.30. The number of rotatable bonds is 3. The highest BCUT2D eigenvalue weighted by Gasteiger charge is 2.42. The van der Waals surface area contributed by atoms with E-state index in [4.69, 9.17) is 0 Å². The topological polar surface area (TPSA) is 79.3 Å². The number of para-hydroxylation sites is 1. The average molecular weight is 284 g/mol. The van der Waals surface area contributed by atoms with Gasteiger partial charge in [-0.3, -0.25) is 9.78 Å². The third kappa shape index (κ3) is 2.35. The van der Waals surface area contributed by atoms with Crippen LogP contribution in [0.2, 0.25) is 0 Å². The number of aromatic nitrogens is 1. The lowest BCUT2D eigenvalue weighted by atomic mass is 9.96. The third-order valence-electron chi connectivity index (χ3n) is 4.11. The summed E-state index contributed by atoms with van der Waals surface area (Å²) in [5.41, 5.74) is 0.0654. The largest absolute Gasteiger partial charge is 0.480 e. The highest BCUT2D eigenvalue weighted by atomic mass is 16.4. The maximum atomic E-state index is 12.5. The summed E-state index contributed by atoms with van der Waals surface area (Å²) >= 11 is 0. The van der Waals surface area contributed by atoms with E-state index < -0.39 is 11.5 Å². The first-order chi connectivity index (χ1) is 10.1. The Hall–Kier alpha value is -2.43. The molecule has 0 bridgehead atoms. The van der Waals surface area contributed by atoms with Crippen LogP contribution in [0.1, 0.15) is 36.0 Å². The minimum absolute atomic E-state index is 0.349. The first-order valence-corrected chi connectivity index (χ1v) is 7.02. The van der Waals surface area contributed by atoms with E-state index in [1.165, 1.54) is 0 Å². The van der Waals surface area contributed by atoms with E-state index in [1.54, 1.807) is 12.3 Å². The molecule has 1 amide bonds. The molecule has 108 valence electrons. The van der Waals surface area contributed by atoms with Crippen molar-refractivity contribution in [3.63, 3.8) is 0 Å². The van der Waals surface area contributed by atoms with E-state index >= 15 is 0 Å². The van der Waals surface area contributed by atoms with Crippen molar-refractivity contribution in [1.82, 2.24) is 10.3 Å². The number of pyridine rings is 1. The van der Waals surface area contributed by atoms with E-state index in [0.717, 1.165) is 23.7 Å². The number of fused-ring (bicyclic) bond motifs is 1. The van der Waals surface area contributed by atoms with Crippen molar-refractivity contribution in [3.05, 3.63) is 42.1 Å². The zero-order chi connectivity index (χ0) is 14.9. The summed E-state index contributed by atoms with van der Waals surface area (Å²) in [4.78, 5) is 28.3. The van der Waals surface area contributed by atoms with Crippen LogP contribution in [-0.2, 0) is 4.79 Å². The average Bonchev–Trinajstić information content (AvgIpc) is 2.96. The number of carboxylic acid groups (broad SMARTS) is 1. The molecule has 1 aliphatic rings. The molecular weight excluding hydrogens is 268 g/mol. The van der Waals surface area contributed by atoms with Crippen LogP contribution in [0.15, 0.2) is 36.5 Å². The van der Waals surface area contributed by atoms with Gasteiger partial charge in [-0.05, 0) is 25.0 Å². The number of benzene rings is 1. The molecule has 5 heteroatoms. The number of nitrogens with zero attached hydrogens (tertiary/aromatic N) is 1. The molecule has 1 aliphatic carbocycles. The van der Waals surface area contributed by atoms with Gasteiger partial charge in [0.2, 0.25) is 0 Å². The highest BCUT2D eigenvalue weighted by molar-refractivity contribution is 6.07. The van der Waals surface area contributed by atoms with E-state index in [9.17, 15) is 14.7 Å². The molecule has 1 fully saturated rings. The molecule has 1 saturated carbocycles. The number of nitrogens with one attached hydrogen (secondary N) is 1. The van der Waals surface area contributed by atoms with Crippen molar-refractivity contribution in [2.45, 2.75) is 31.2 Å². The van der Waals surface area contributed by atoms with Crippen LogP contribution < -0.4 is 5.32 Å². The second-order valence-corrected chi connectivity index (χ2v) is 5.42. The second-order valence-electron chi connectivity index (χ2n) is 5.42. The van der Waals surface area contributed by atoms with Crippen LogP contribution in [0.3, 0.4) is 0 Å². The Kier molecular flexibility index (Phi) is 3.33. The van der Waals surface area contributed by atoms with Crippen molar-refractivity contribution in [2.75, 3.05) is 0 Å². The number of amides is 1. The zero-order valence-corrected chi connectivity index (χ0v) is 11.5. The maximum absolute atomic E-state index is 12.5. The normalized spacial score (nSPS) is 16.8. The minimum Gasteiger partial charge on any atom is -0.480 e. The van der Waals surface area contributed by atoms with Gasteiger partial charge in [-0.2, -0.15) is 0 Å². The van der Waals surface area contributed by atoms with Crippen molar-refractivity contribution in [2.24, 2.45) is 0 Å². The van der Waals surface area contributed by atoms with E-state index in [-0.39, 0.29) is 5.91 Å². The molecule has 0 atom stereocenters. The number of hydrogen-bond acceptors (Lipinski definition) is 3. The lowest BCUT2D eigenvalue weighted by Crippen LogP contribution is -2.52. The molecule has 0 aliphatic heterocycles. The summed E-state index contributed by atoms with van der Waals surface area (Å²) in [6.07, 6.45) is 4.18. The Morgan fingerprint density at radius 1 is 1.14 bits per heavy atom. The molecule has 1 aromatic heterocycles. The summed E-state index contributed by atoms with van der Waals surface area (Å²) in [5, 5.41) is 12.9. The molecule has 1 aromatic carbocycles. The number of carbonyl (C=O) groups excluding carboxylic acids is 1. The SMILES string of the molecule is O=C(NC1(C(=O)O)CCCC1)c1ccnc2ccccc12. The maximum Gasteiger partial charge on any atom is 0.329 e. The fourth-order valence-corrected chi connectivity index (χ4v) is 2.95. The van der Waals surface area contributed by atoms with E-state index in [1.807, 2.05) is 24.3 Å². The Labute approximate surface area is 122 Å². The molecule has 5 nitrogen and oxygen atoms in total. The van der Waals surface area contributed by atoms with Crippen LogP contribution in [0, 0.1) is 0 Å². The number of aliphatic carboxylic acids is 1. The first-order valence-electron chi connectivity index (χ1n) is 7.02. The molecule has 2 aromatic rings. The molecule has 2 N–H and O–H groups in total. The molecule has 21 heavy (non-hydrogen) atoms. The van der Waals surface area contributed by atoms with Gasteiger partial charge in [0.1, 0.15) is 5.54 Å². The van der Waals surface area contributed by atoms with Crippen LogP contribution in [0.25, 0.3) is 10.9 Å². The van der Waals surface area contributed by atoms with Crippen molar-refractivity contribution in [1.29, 1.82) is 0 Å². The van der Waals surface area contributed by atoms with Gasteiger partial charge in [0.25, 0.3) is 5.91 Å². The monoisotopic (exact) mass is 284 g/mol. The van der Waals surface area contributed by atoms with Crippen molar-refractivity contribution < 1.29 is 14.7 Å². The molecule has 3 rings (SSSR count). The van der Waals surface area contributed by atoms with Gasteiger partial charge >= 0.3 is 5.97 Å². The van der Waals surface area contributed by atoms with Crippen LogP contribution >= 0.6 is 0 Å². The summed E-state index contributed by atoms with van der Waals surface area (Å²) < 4.78 is 0. The van der Waals surface area contributed by atoms with Crippen LogP contribution in [0.5, 0.6) is 0 Å². The van der Waals surface area contributed by atoms with E-state index in [2.05, 4.69) is 10.3 Å². The molecule has 0 saturated heterocycles. The van der Waals surface area contributed by atoms with E-state index in [0.29, 0.717) is 18.4 Å². The predicted molar refractivity (Wildman–Crippen MR) is 78.0 cm³/mol. The molecular formula is C16H16N2O3.